The molecule has 1 fully saturated rings. The number of aliphatic carboxylic acids is 1. The summed E-state index contributed by atoms with van der Waals surface area (Å²) in [6.45, 7) is 5.31. The van der Waals surface area contributed by atoms with Crippen LogP contribution in [-0.2, 0) is 23.9 Å². The Labute approximate surface area is 215 Å². The van der Waals surface area contributed by atoms with Crippen LogP contribution in [0.15, 0.2) is 24.3 Å². The number of carbonyl (C=O) groups excluding carboxylic acids is 4. The van der Waals surface area contributed by atoms with E-state index in [4.69, 9.17) is 9.47 Å². The fraction of sp³-hybridized carbons (Fsp3) is 0.542. The lowest BCUT2D eigenvalue weighted by atomic mass is 10.1. The molecular weight excluding hydrogens is 486 g/mol. The number of hydrogen-bond acceptors (Lipinski definition) is 11. The molecule has 2 heterocycles. The first-order chi connectivity index (χ1) is 17.9. The SMILES string of the molecule is O=COCN1CCN(CCN2C(=O)c3ccccc3C2=O)CCN(CC(=O)O)CCN(COC=O)CC1. The standard InChI is InChI=1S/C24H33N5O8/c30-18-36-16-27-9-6-25(13-14-29-23(34)20-3-1-2-4-21(20)24(29)35)5-7-26(15-22(32)33)8-10-28(12-11-27)17-37-19-31/h1-4,18-19H,5-17H2,(H,32,33). The number of nitrogens with zero attached hydrogens (tertiary/aromatic N) is 5. The van der Waals surface area contributed by atoms with Crippen molar-refractivity contribution in [2.24, 2.45) is 0 Å². The second-order valence-electron chi connectivity index (χ2n) is 8.84. The Kier molecular flexibility index (Phi) is 11.0. The zero-order valence-corrected chi connectivity index (χ0v) is 20.7. The van der Waals surface area contributed by atoms with E-state index >= 15 is 0 Å². The molecule has 1 aromatic rings. The minimum absolute atomic E-state index is 0.0686. The predicted octanol–water partition coefficient (Wildman–Crippen LogP) is -1.15. The van der Waals surface area contributed by atoms with Crippen LogP contribution in [0, 0.1) is 0 Å². The fourth-order valence-electron chi connectivity index (χ4n) is 4.37. The van der Waals surface area contributed by atoms with Crippen LogP contribution < -0.4 is 0 Å². The van der Waals surface area contributed by atoms with Crippen LogP contribution in [0.4, 0.5) is 0 Å². The summed E-state index contributed by atoms with van der Waals surface area (Å²) < 4.78 is 9.87. The highest BCUT2D eigenvalue weighted by molar-refractivity contribution is 6.21. The van der Waals surface area contributed by atoms with Gasteiger partial charge in [-0.05, 0) is 12.1 Å². The molecule has 0 saturated carbocycles. The third-order valence-corrected chi connectivity index (χ3v) is 6.46. The monoisotopic (exact) mass is 519 g/mol. The number of benzene rings is 1. The van der Waals surface area contributed by atoms with Crippen molar-refractivity contribution >= 4 is 30.7 Å². The first-order valence-corrected chi connectivity index (χ1v) is 12.1. The smallest absolute Gasteiger partial charge is 0.317 e. The second kappa shape index (κ2) is 14.4. The van der Waals surface area contributed by atoms with E-state index in [9.17, 15) is 29.1 Å². The predicted molar refractivity (Wildman–Crippen MR) is 130 cm³/mol. The van der Waals surface area contributed by atoms with Gasteiger partial charge in [-0.2, -0.15) is 0 Å². The molecule has 202 valence electrons. The number of ether oxygens (including phenoxy) is 2. The van der Waals surface area contributed by atoms with Gasteiger partial charge in [0.2, 0.25) is 0 Å². The molecule has 0 spiro atoms. The highest BCUT2D eigenvalue weighted by atomic mass is 16.5. The third kappa shape index (κ3) is 8.32. The molecule has 0 unspecified atom stereocenters. The minimum atomic E-state index is -0.947. The zero-order chi connectivity index (χ0) is 26.6. The molecule has 1 aromatic carbocycles. The van der Waals surface area contributed by atoms with Gasteiger partial charge in [0.1, 0.15) is 13.5 Å². The lowest BCUT2D eigenvalue weighted by Crippen LogP contribution is -2.48. The van der Waals surface area contributed by atoms with E-state index < -0.39 is 5.97 Å². The number of imide groups is 1. The Balaban J connectivity index is 1.68. The quantitative estimate of drug-likeness (QED) is 0.279. The van der Waals surface area contributed by atoms with Crippen molar-refractivity contribution in [2.45, 2.75) is 0 Å². The maximum Gasteiger partial charge on any atom is 0.317 e. The van der Waals surface area contributed by atoms with Gasteiger partial charge < -0.3 is 14.6 Å². The summed E-state index contributed by atoms with van der Waals surface area (Å²) in [7, 11) is 0. The van der Waals surface area contributed by atoms with E-state index in [0.717, 1.165) is 0 Å². The van der Waals surface area contributed by atoms with E-state index in [1.54, 1.807) is 29.2 Å². The van der Waals surface area contributed by atoms with Gasteiger partial charge in [-0.1, -0.05) is 12.1 Å². The number of carboxylic acid groups (broad SMARTS) is 1. The zero-order valence-electron chi connectivity index (χ0n) is 20.7. The van der Waals surface area contributed by atoms with Gasteiger partial charge in [-0.15, -0.1) is 0 Å². The van der Waals surface area contributed by atoms with Crippen LogP contribution in [0.1, 0.15) is 20.7 Å². The Hall–Kier alpha value is -3.39. The van der Waals surface area contributed by atoms with Crippen molar-refractivity contribution in [1.29, 1.82) is 0 Å². The molecule has 1 N–H and O–H groups in total. The molecule has 0 radical (unpaired) electrons. The van der Waals surface area contributed by atoms with Gasteiger partial charge in [0.05, 0.1) is 17.7 Å². The van der Waals surface area contributed by atoms with Gasteiger partial charge in [0, 0.05) is 65.4 Å². The van der Waals surface area contributed by atoms with E-state index in [0.29, 0.717) is 83.0 Å². The van der Waals surface area contributed by atoms with Crippen molar-refractivity contribution in [1.82, 2.24) is 24.5 Å². The molecule has 3 rings (SSSR count). The summed E-state index contributed by atoms with van der Waals surface area (Å²) in [6, 6.07) is 6.74. The molecule has 13 nitrogen and oxygen atoms in total. The van der Waals surface area contributed by atoms with Crippen molar-refractivity contribution in [2.75, 3.05) is 85.5 Å². The molecule has 0 bridgehead atoms. The molecule has 0 aromatic heterocycles. The summed E-state index contributed by atoms with van der Waals surface area (Å²) in [6.07, 6.45) is 0. The Bertz CT molecular complexity index is 926. The van der Waals surface area contributed by atoms with Gasteiger partial charge in [0.15, 0.2) is 0 Å². The summed E-state index contributed by atoms with van der Waals surface area (Å²) in [5.74, 6) is -1.58. The Morgan fingerprint density at radius 2 is 1.16 bits per heavy atom. The largest absolute Gasteiger partial charge is 0.480 e. The average Bonchev–Trinajstić information content (AvgIpc) is 3.13. The number of fused-ring (bicyclic) bond motifs is 1. The highest BCUT2D eigenvalue weighted by Crippen LogP contribution is 2.22. The molecule has 0 atom stereocenters. The van der Waals surface area contributed by atoms with E-state index in [-0.39, 0.29) is 38.4 Å². The number of amides is 2. The van der Waals surface area contributed by atoms with Gasteiger partial charge >= 0.3 is 5.97 Å². The summed E-state index contributed by atoms with van der Waals surface area (Å²) in [4.78, 5) is 67.3. The Morgan fingerprint density at radius 1 is 0.730 bits per heavy atom. The van der Waals surface area contributed by atoms with Gasteiger partial charge in [-0.3, -0.25) is 48.5 Å². The van der Waals surface area contributed by atoms with Crippen molar-refractivity contribution in [3.05, 3.63) is 35.4 Å². The van der Waals surface area contributed by atoms with E-state index in [2.05, 4.69) is 4.90 Å². The van der Waals surface area contributed by atoms with Gasteiger partial charge in [-0.25, -0.2) is 0 Å². The molecule has 37 heavy (non-hydrogen) atoms. The average molecular weight is 520 g/mol. The number of hydrogen-bond donors (Lipinski definition) is 1. The maximum absolute atomic E-state index is 12.8. The lowest BCUT2D eigenvalue weighted by molar-refractivity contribution is -0.138. The number of carboxylic acids is 1. The van der Waals surface area contributed by atoms with Gasteiger partial charge in [0.25, 0.3) is 24.8 Å². The normalized spacial score (nSPS) is 19.1. The summed E-state index contributed by atoms with van der Waals surface area (Å²) in [5.41, 5.74) is 0.795. The fourth-order valence-corrected chi connectivity index (χ4v) is 4.37. The molecule has 13 heteroatoms. The van der Waals surface area contributed by atoms with Crippen molar-refractivity contribution in [3.8, 4) is 0 Å². The van der Waals surface area contributed by atoms with E-state index in [1.807, 2.05) is 9.80 Å². The minimum Gasteiger partial charge on any atom is -0.480 e. The molecular formula is C24H33N5O8. The van der Waals surface area contributed by atoms with Crippen LogP contribution in [-0.4, -0.2) is 146 Å². The molecule has 2 aliphatic heterocycles. The van der Waals surface area contributed by atoms with Crippen LogP contribution in [0.2, 0.25) is 0 Å². The molecule has 2 aliphatic rings. The van der Waals surface area contributed by atoms with Crippen LogP contribution in [0.5, 0.6) is 0 Å². The number of carbonyl (C=O) groups is 5. The van der Waals surface area contributed by atoms with Crippen molar-refractivity contribution < 1.29 is 38.6 Å². The maximum atomic E-state index is 12.8. The van der Waals surface area contributed by atoms with Crippen molar-refractivity contribution in [3.63, 3.8) is 0 Å². The van der Waals surface area contributed by atoms with Crippen LogP contribution in [0.25, 0.3) is 0 Å². The first-order valence-electron chi connectivity index (χ1n) is 12.1. The molecule has 0 aliphatic carbocycles. The van der Waals surface area contributed by atoms with E-state index in [1.165, 1.54) is 4.90 Å². The number of rotatable bonds is 11. The first kappa shape index (κ1) is 28.2. The summed E-state index contributed by atoms with van der Waals surface area (Å²) in [5, 5.41) is 9.37. The highest BCUT2D eigenvalue weighted by Gasteiger charge is 2.35. The third-order valence-electron chi connectivity index (χ3n) is 6.46. The summed E-state index contributed by atoms with van der Waals surface area (Å²) >= 11 is 0. The van der Waals surface area contributed by atoms with Crippen LogP contribution in [0.3, 0.4) is 0 Å². The molecule has 2 amide bonds. The molecule has 1 saturated heterocycles. The topological polar surface area (TPSA) is 140 Å². The van der Waals surface area contributed by atoms with Crippen LogP contribution >= 0.6 is 0 Å². The Morgan fingerprint density at radius 3 is 1.59 bits per heavy atom. The lowest BCUT2D eigenvalue weighted by Gasteiger charge is -2.33. The second-order valence-corrected chi connectivity index (χ2v) is 8.84.